The largest absolute Gasteiger partial charge is 0.356 e. The molecule has 0 unspecified atom stereocenters. The van der Waals surface area contributed by atoms with E-state index in [0.29, 0.717) is 22.1 Å². The average molecular weight is 536 g/mol. The number of nitrogens with one attached hydrogen (secondary N) is 1. The zero-order chi connectivity index (χ0) is 26.7. The van der Waals surface area contributed by atoms with Crippen LogP contribution < -0.4 is 5.32 Å². The lowest BCUT2D eigenvalue weighted by Crippen LogP contribution is -2.38. The minimum absolute atomic E-state index is 0.0327. The van der Waals surface area contributed by atoms with Crippen LogP contribution in [-0.2, 0) is 22.7 Å². The Balaban J connectivity index is 1.07. The molecule has 1 fully saturated rings. The van der Waals surface area contributed by atoms with Crippen LogP contribution in [0.25, 0.3) is 11.3 Å². The number of hydrogen-bond acceptors (Lipinski definition) is 6. The van der Waals surface area contributed by atoms with E-state index in [1.807, 2.05) is 49.4 Å². The molecule has 38 heavy (non-hydrogen) atoms. The molecule has 2 heterocycles. The number of aromatic nitrogens is 1. The Kier molecular flexibility index (Phi) is 8.00. The van der Waals surface area contributed by atoms with Crippen LogP contribution in [0.15, 0.2) is 57.9 Å². The Bertz CT molecular complexity index is 1390. The van der Waals surface area contributed by atoms with E-state index >= 15 is 0 Å². The van der Waals surface area contributed by atoms with Gasteiger partial charge in [-0.05, 0) is 99.7 Å². The van der Waals surface area contributed by atoms with Gasteiger partial charge < -0.3 is 14.7 Å². The number of nitrogens with zero attached hydrogens (tertiary/aromatic N) is 2. The SMILES string of the molecule is Cc1cc(-c2cccc(C(=O)NC3CCC(CCN4CCc5ccc(S(C)(=O)=O)cc5CC4)CC3)c2)on1. The van der Waals surface area contributed by atoms with Crippen molar-refractivity contribution in [2.45, 2.75) is 62.8 Å². The van der Waals surface area contributed by atoms with E-state index in [1.54, 1.807) is 6.07 Å². The Morgan fingerprint density at radius 2 is 1.79 bits per heavy atom. The summed E-state index contributed by atoms with van der Waals surface area (Å²) in [5.74, 6) is 1.32. The number of carbonyl (C=O) groups excluding carboxylic acids is 1. The van der Waals surface area contributed by atoms with Gasteiger partial charge in [0, 0.05) is 42.6 Å². The second-order valence-corrected chi connectivity index (χ2v) is 13.0. The lowest BCUT2D eigenvalue weighted by Gasteiger charge is -2.30. The third-order valence-electron chi connectivity index (χ3n) is 8.07. The molecule has 0 spiro atoms. The molecule has 3 aromatic rings. The minimum atomic E-state index is -3.17. The quantitative estimate of drug-likeness (QED) is 0.466. The predicted molar refractivity (Wildman–Crippen MR) is 148 cm³/mol. The highest BCUT2D eigenvalue weighted by molar-refractivity contribution is 7.90. The van der Waals surface area contributed by atoms with E-state index in [9.17, 15) is 13.2 Å². The number of hydrogen-bond donors (Lipinski definition) is 1. The monoisotopic (exact) mass is 535 g/mol. The number of carbonyl (C=O) groups is 1. The molecule has 1 aliphatic carbocycles. The maximum atomic E-state index is 12.9. The first-order chi connectivity index (χ1) is 18.2. The van der Waals surface area contributed by atoms with Crippen LogP contribution in [0, 0.1) is 12.8 Å². The number of aryl methyl sites for hydroxylation is 1. The van der Waals surface area contributed by atoms with E-state index in [4.69, 9.17) is 4.52 Å². The van der Waals surface area contributed by atoms with E-state index in [2.05, 4.69) is 15.4 Å². The average Bonchev–Trinajstić information content (AvgIpc) is 3.24. The molecule has 0 atom stereocenters. The van der Waals surface area contributed by atoms with Crippen molar-refractivity contribution < 1.29 is 17.7 Å². The maximum Gasteiger partial charge on any atom is 0.251 e. The molecule has 5 rings (SSSR count). The van der Waals surface area contributed by atoms with Crippen LogP contribution in [0.4, 0.5) is 0 Å². The highest BCUT2D eigenvalue weighted by Crippen LogP contribution is 2.28. The van der Waals surface area contributed by atoms with E-state index in [1.165, 1.54) is 23.8 Å². The van der Waals surface area contributed by atoms with Crippen LogP contribution >= 0.6 is 0 Å². The van der Waals surface area contributed by atoms with E-state index < -0.39 is 9.84 Å². The summed E-state index contributed by atoms with van der Waals surface area (Å²) in [4.78, 5) is 15.9. The van der Waals surface area contributed by atoms with Crippen molar-refractivity contribution in [2.24, 2.45) is 5.92 Å². The molecule has 8 heteroatoms. The second kappa shape index (κ2) is 11.4. The van der Waals surface area contributed by atoms with Gasteiger partial charge in [-0.2, -0.15) is 0 Å². The Morgan fingerprint density at radius 3 is 2.50 bits per heavy atom. The van der Waals surface area contributed by atoms with Gasteiger partial charge in [0.05, 0.1) is 10.6 Å². The maximum absolute atomic E-state index is 12.9. The van der Waals surface area contributed by atoms with Gasteiger partial charge in [-0.25, -0.2) is 8.42 Å². The summed E-state index contributed by atoms with van der Waals surface area (Å²) in [6.07, 6.45) is 8.60. The number of sulfone groups is 1. The summed E-state index contributed by atoms with van der Waals surface area (Å²) in [6.45, 7) is 4.94. The fraction of sp³-hybridized carbons (Fsp3) is 0.467. The lowest BCUT2D eigenvalue weighted by atomic mass is 9.84. The number of fused-ring (bicyclic) bond motifs is 1. The fourth-order valence-electron chi connectivity index (χ4n) is 5.74. The molecule has 7 nitrogen and oxygen atoms in total. The highest BCUT2D eigenvalue weighted by atomic mass is 32.2. The molecule has 1 saturated carbocycles. The first-order valence-corrected chi connectivity index (χ1v) is 15.5. The number of amides is 1. The number of benzene rings is 2. The summed E-state index contributed by atoms with van der Waals surface area (Å²) in [5, 5.41) is 7.18. The molecule has 0 radical (unpaired) electrons. The van der Waals surface area contributed by atoms with Gasteiger partial charge in [0.25, 0.3) is 5.91 Å². The topological polar surface area (TPSA) is 92.5 Å². The third kappa shape index (κ3) is 6.53. The molecule has 2 aromatic carbocycles. The summed E-state index contributed by atoms with van der Waals surface area (Å²) in [5.41, 5.74) is 4.76. The van der Waals surface area contributed by atoms with Gasteiger partial charge in [0.15, 0.2) is 15.6 Å². The van der Waals surface area contributed by atoms with Gasteiger partial charge in [0.1, 0.15) is 0 Å². The summed E-state index contributed by atoms with van der Waals surface area (Å²) in [7, 11) is -3.17. The smallest absolute Gasteiger partial charge is 0.251 e. The Labute approximate surface area is 225 Å². The van der Waals surface area contributed by atoms with E-state index in [-0.39, 0.29) is 11.9 Å². The van der Waals surface area contributed by atoms with Crippen molar-refractivity contribution in [2.75, 3.05) is 25.9 Å². The molecule has 1 aromatic heterocycles. The molecule has 1 aliphatic heterocycles. The summed E-state index contributed by atoms with van der Waals surface area (Å²) in [6, 6.07) is 15.2. The normalized spacial score (nSPS) is 20.5. The molecule has 202 valence electrons. The van der Waals surface area contributed by atoms with Crippen LogP contribution in [0.3, 0.4) is 0 Å². The standard InChI is InChI=1S/C30H37N3O4S/c1-21-18-29(37-32-21)25-4-3-5-26(19-25)30(34)31-27-9-6-22(7-10-27)12-15-33-16-13-23-8-11-28(38(2,35)36)20-24(23)14-17-33/h3-5,8,11,18-20,22,27H,6-7,9-10,12-17H2,1-2H3,(H,31,34). The van der Waals surface area contributed by atoms with Crippen molar-refractivity contribution in [3.05, 3.63) is 70.9 Å². The lowest BCUT2D eigenvalue weighted by molar-refractivity contribution is 0.0920. The van der Waals surface area contributed by atoms with Crippen molar-refractivity contribution in [3.8, 4) is 11.3 Å². The van der Waals surface area contributed by atoms with Crippen molar-refractivity contribution >= 4 is 15.7 Å². The zero-order valence-electron chi connectivity index (χ0n) is 22.3. The molecule has 1 N–H and O–H groups in total. The third-order valence-corrected chi connectivity index (χ3v) is 9.18. The van der Waals surface area contributed by atoms with Crippen molar-refractivity contribution in [3.63, 3.8) is 0 Å². The van der Waals surface area contributed by atoms with Crippen LogP contribution in [-0.4, -0.2) is 56.3 Å². The summed E-state index contributed by atoms with van der Waals surface area (Å²) < 4.78 is 29.2. The van der Waals surface area contributed by atoms with Crippen molar-refractivity contribution in [1.29, 1.82) is 0 Å². The zero-order valence-corrected chi connectivity index (χ0v) is 23.1. The summed E-state index contributed by atoms with van der Waals surface area (Å²) >= 11 is 0. The van der Waals surface area contributed by atoms with Gasteiger partial charge in [-0.1, -0.05) is 23.4 Å². The fourth-order valence-corrected chi connectivity index (χ4v) is 6.42. The van der Waals surface area contributed by atoms with E-state index in [0.717, 1.165) is 69.4 Å². The van der Waals surface area contributed by atoms with Crippen LogP contribution in [0.5, 0.6) is 0 Å². The first-order valence-electron chi connectivity index (χ1n) is 13.6. The number of rotatable bonds is 7. The molecule has 0 saturated heterocycles. The molecule has 1 amide bonds. The molecular formula is C30H37N3O4S. The Morgan fingerprint density at radius 1 is 1.03 bits per heavy atom. The van der Waals surface area contributed by atoms with Gasteiger partial charge in [-0.15, -0.1) is 0 Å². The van der Waals surface area contributed by atoms with Crippen LogP contribution in [0.2, 0.25) is 0 Å². The first kappa shape index (κ1) is 26.6. The second-order valence-electron chi connectivity index (χ2n) is 10.9. The Hall–Kier alpha value is -2.97. The molecular weight excluding hydrogens is 498 g/mol. The predicted octanol–water partition coefficient (Wildman–Crippen LogP) is 4.83. The van der Waals surface area contributed by atoms with Gasteiger partial charge in [-0.3, -0.25) is 4.79 Å². The van der Waals surface area contributed by atoms with Gasteiger partial charge in [0.2, 0.25) is 0 Å². The van der Waals surface area contributed by atoms with Gasteiger partial charge >= 0.3 is 0 Å². The van der Waals surface area contributed by atoms with Crippen LogP contribution in [0.1, 0.15) is 59.3 Å². The molecule has 2 aliphatic rings. The highest BCUT2D eigenvalue weighted by Gasteiger charge is 2.24. The molecule has 0 bridgehead atoms. The van der Waals surface area contributed by atoms with Crippen molar-refractivity contribution in [1.82, 2.24) is 15.4 Å². The minimum Gasteiger partial charge on any atom is -0.356 e.